The number of amides is 1. The van der Waals surface area contributed by atoms with Crippen LogP contribution in [-0.2, 0) is 31.0 Å². The second-order valence-electron chi connectivity index (χ2n) is 13.4. The minimum atomic E-state index is -2.77. The molecule has 0 heterocycles. The Morgan fingerprint density at radius 2 is 1.63 bits per heavy atom. The molecule has 2 fully saturated rings. The zero-order valence-electron chi connectivity index (χ0n) is 24.7. The van der Waals surface area contributed by atoms with E-state index in [9.17, 15) is 34.3 Å². The summed E-state index contributed by atoms with van der Waals surface area (Å²) in [6.45, 7) is 6.25. The molecule has 11 heteroatoms. The van der Waals surface area contributed by atoms with Crippen LogP contribution in [0.5, 0.6) is 5.75 Å². The number of likely N-dealkylation sites (N-methyl/N-ethyl adjacent to an activating group) is 1. The van der Waals surface area contributed by atoms with Crippen molar-refractivity contribution in [2.75, 3.05) is 14.1 Å². The Kier molecular flexibility index (Phi) is 6.59. The lowest BCUT2D eigenvalue weighted by atomic mass is 9.42. The van der Waals surface area contributed by atoms with Gasteiger partial charge in [-0.3, -0.25) is 28.9 Å². The third-order valence-corrected chi connectivity index (χ3v) is 9.54. The third-order valence-electron chi connectivity index (χ3n) is 9.54. The predicted octanol–water partition coefficient (Wildman–Crippen LogP) is 0.773. The monoisotopic (exact) mass is 585 g/mol. The van der Waals surface area contributed by atoms with Crippen molar-refractivity contribution >= 4 is 29.0 Å². The molecule has 0 bridgehead atoms. The van der Waals surface area contributed by atoms with Crippen molar-refractivity contribution in [1.29, 1.82) is 5.26 Å². The average molecular weight is 586 g/mol. The molecule has 0 aliphatic heterocycles. The first-order valence-electron chi connectivity index (χ1n) is 13.9. The van der Waals surface area contributed by atoms with Gasteiger partial charge in [-0.2, -0.15) is 5.26 Å². The Bertz CT molecular complexity index is 1670. The molecule has 2 aromatic rings. The number of benzene rings is 2. The molecule has 7 N–H and O–H groups in total. The summed E-state index contributed by atoms with van der Waals surface area (Å²) in [5.41, 5.74) is 15.1. The van der Waals surface area contributed by atoms with Crippen molar-refractivity contribution in [2.24, 2.45) is 34.5 Å². The number of nitriles is 1. The number of phenolic OH excluding ortho intramolecular Hbond substituents is 1. The fourth-order valence-electron chi connectivity index (χ4n) is 7.63. The molecule has 0 saturated heterocycles. The quantitative estimate of drug-likeness (QED) is 0.372. The van der Waals surface area contributed by atoms with Gasteiger partial charge >= 0.3 is 0 Å². The zero-order valence-corrected chi connectivity index (χ0v) is 24.7. The number of nitrogens with zero attached hydrogens (tertiary/aromatic N) is 2. The highest BCUT2D eigenvalue weighted by Crippen LogP contribution is 2.57. The lowest BCUT2D eigenvalue weighted by molar-refractivity contribution is -0.166. The number of hydrogen-bond acceptors (Lipinski definition) is 10. The molecule has 3 aliphatic carbocycles. The molecule has 0 spiro atoms. The molecule has 224 valence electrons. The number of ketones is 4. The average Bonchev–Trinajstić information content (AvgIpc) is 2.87. The Morgan fingerprint density at radius 3 is 2.14 bits per heavy atom. The lowest BCUT2D eigenvalue weighted by Crippen LogP contribution is -2.85. The molecule has 43 heavy (non-hydrogen) atoms. The van der Waals surface area contributed by atoms with Gasteiger partial charge in [0.2, 0.25) is 5.91 Å². The van der Waals surface area contributed by atoms with Crippen molar-refractivity contribution in [3.63, 3.8) is 0 Å². The Balaban J connectivity index is 1.74. The lowest BCUT2D eigenvalue weighted by Gasteiger charge is -2.60. The minimum Gasteiger partial charge on any atom is -0.507 e. The zero-order chi connectivity index (χ0) is 32.0. The maximum Gasteiger partial charge on any atom is 0.235 e. The van der Waals surface area contributed by atoms with Crippen LogP contribution in [0.1, 0.15) is 48.7 Å². The molecule has 2 unspecified atom stereocenters. The topological polar surface area (TPSA) is 211 Å². The van der Waals surface area contributed by atoms with E-state index in [4.69, 9.17) is 17.2 Å². The van der Waals surface area contributed by atoms with Gasteiger partial charge in [0.25, 0.3) is 0 Å². The summed E-state index contributed by atoms with van der Waals surface area (Å²) >= 11 is 0. The van der Waals surface area contributed by atoms with Crippen LogP contribution in [0.15, 0.2) is 36.4 Å². The van der Waals surface area contributed by atoms with E-state index < -0.39 is 69.8 Å². The van der Waals surface area contributed by atoms with Gasteiger partial charge in [-0.25, -0.2) is 0 Å². The first kappa shape index (κ1) is 30.2. The van der Waals surface area contributed by atoms with Gasteiger partial charge in [0.1, 0.15) is 11.7 Å². The molecule has 1 amide bonds. The first-order chi connectivity index (χ1) is 19.9. The van der Waals surface area contributed by atoms with E-state index in [1.165, 1.54) is 25.1 Å². The first-order valence-corrected chi connectivity index (χ1v) is 13.9. The smallest absolute Gasteiger partial charge is 0.235 e. The fourth-order valence-corrected chi connectivity index (χ4v) is 7.63. The van der Waals surface area contributed by atoms with Crippen LogP contribution in [0, 0.1) is 28.6 Å². The van der Waals surface area contributed by atoms with Gasteiger partial charge in [-0.1, -0.05) is 51.1 Å². The highest BCUT2D eigenvalue weighted by molar-refractivity contribution is 6.33. The number of hydrogen-bond donors (Lipinski definition) is 4. The van der Waals surface area contributed by atoms with Crippen molar-refractivity contribution in [3.8, 4) is 22.9 Å². The Morgan fingerprint density at radius 1 is 1.02 bits per heavy atom. The number of carbonyl (C=O) groups is 5. The van der Waals surface area contributed by atoms with Gasteiger partial charge in [-0.05, 0) is 60.7 Å². The summed E-state index contributed by atoms with van der Waals surface area (Å²) in [5.74, 6) is -9.92. The third kappa shape index (κ3) is 3.87. The van der Waals surface area contributed by atoms with Crippen LogP contribution in [0.25, 0.3) is 11.1 Å². The summed E-state index contributed by atoms with van der Waals surface area (Å²) in [6.07, 6.45) is -0.587. The van der Waals surface area contributed by atoms with Gasteiger partial charge < -0.3 is 22.3 Å². The number of primary amides is 1. The van der Waals surface area contributed by atoms with Gasteiger partial charge in [-0.15, -0.1) is 0 Å². The molecule has 6 atom stereocenters. The van der Waals surface area contributed by atoms with Crippen molar-refractivity contribution in [3.05, 3.63) is 53.1 Å². The van der Waals surface area contributed by atoms with E-state index in [0.717, 1.165) is 11.1 Å². The SMILES string of the molecule is CN(C)[C@@H]1C(=O)C(C(N)=O)C(=O)[C@@]2(C#N)C(=O)C3C(=O)c4c(O)ccc(-c5ccc(C(C)(C)C)cc5)c4C[C@@]3(N)C[C@@]12N. The second-order valence-corrected chi connectivity index (χ2v) is 13.4. The largest absolute Gasteiger partial charge is 0.507 e. The van der Waals surface area contributed by atoms with Crippen molar-refractivity contribution in [2.45, 2.75) is 56.1 Å². The van der Waals surface area contributed by atoms with Crippen LogP contribution in [0.3, 0.4) is 0 Å². The molecule has 2 aromatic carbocycles. The Labute approximate surface area is 249 Å². The van der Waals surface area contributed by atoms with Crippen LogP contribution >= 0.6 is 0 Å². The van der Waals surface area contributed by atoms with Crippen LogP contribution < -0.4 is 17.2 Å². The number of aromatic hydroxyl groups is 1. The summed E-state index contributed by atoms with van der Waals surface area (Å²) in [7, 11) is 2.93. The molecule has 11 nitrogen and oxygen atoms in total. The molecule has 2 saturated carbocycles. The maximum atomic E-state index is 14.4. The van der Waals surface area contributed by atoms with Crippen LogP contribution in [-0.4, -0.2) is 70.3 Å². The highest BCUT2D eigenvalue weighted by Gasteiger charge is 2.78. The molecular weight excluding hydrogens is 550 g/mol. The molecular formula is C32H35N5O6. The summed E-state index contributed by atoms with van der Waals surface area (Å²) in [5, 5.41) is 21.4. The number of rotatable bonds is 3. The number of fused-ring (bicyclic) bond motifs is 3. The van der Waals surface area contributed by atoms with Gasteiger partial charge in [0.15, 0.2) is 34.5 Å². The summed E-state index contributed by atoms with van der Waals surface area (Å²) in [4.78, 5) is 69.7. The van der Waals surface area contributed by atoms with E-state index >= 15 is 0 Å². The number of nitrogens with two attached hydrogens (primary N) is 3. The number of carbonyl (C=O) groups excluding carboxylic acids is 5. The van der Waals surface area contributed by atoms with E-state index in [0.29, 0.717) is 11.1 Å². The highest BCUT2D eigenvalue weighted by atomic mass is 16.3. The molecule has 0 radical (unpaired) electrons. The Hall–Kier alpha value is -4.24. The maximum absolute atomic E-state index is 14.4. The van der Waals surface area contributed by atoms with Crippen molar-refractivity contribution in [1.82, 2.24) is 4.90 Å². The standard InChI is InChI=1S/C32H35N5O6/c1-29(2,3)16-8-6-15(7-9-16)17-10-11-19(38)20-18(17)12-30(35)13-32(36)25(37(4)5)24(40)21(28(34)43)26(41)31(32,14-33)27(42)22(30)23(20)39/h6-11,21-22,25,38H,12-13,35-36H2,1-5H3,(H2,34,43)/t21?,22?,25-,30-,31+,32-/m1/s1. The normalized spacial score (nSPS) is 32.1. The van der Waals surface area contributed by atoms with E-state index in [-0.39, 0.29) is 23.1 Å². The summed E-state index contributed by atoms with van der Waals surface area (Å²) < 4.78 is 0. The minimum absolute atomic E-state index is 0.103. The van der Waals surface area contributed by atoms with E-state index in [1.54, 1.807) is 12.1 Å². The fraction of sp³-hybridized carbons (Fsp3) is 0.438. The molecule has 3 aliphatic rings. The number of phenols is 1. The van der Waals surface area contributed by atoms with Crippen molar-refractivity contribution < 1.29 is 29.1 Å². The van der Waals surface area contributed by atoms with Gasteiger partial charge in [0.05, 0.1) is 23.2 Å². The number of Topliss-reactive ketones (excluding diaryl/α,β-unsaturated/α-hetero) is 4. The van der Waals surface area contributed by atoms with Crippen LogP contribution in [0.4, 0.5) is 0 Å². The van der Waals surface area contributed by atoms with Crippen LogP contribution in [0.2, 0.25) is 0 Å². The van der Waals surface area contributed by atoms with E-state index in [2.05, 4.69) is 20.8 Å². The second kappa shape index (κ2) is 9.38. The molecule has 0 aromatic heterocycles. The molecule has 5 rings (SSSR count). The van der Waals surface area contributed by atoms with Gasteiger partial charge in [0, 0.05) is 5.54 Å². The summed E-state index contributed by atoms with van der Waals surface area (Å²) in [6, 6.07) is 11.0. The van der Waals surface area contributed by atoms with E-state index in [1.807, 2.05) is 24.3 Å². The predicted molar refractivity (Wildman–Crippen MR) is 155 cm³/mol.